The molecule has 7 nitrogen and oxygen atoms in total. The fraction of sp³-hybridized carbons (Fsp3) is 0.250. The van der Waals surface area contributed by atoms with E-state index in [1.807, 2.05) is 13.8 Å². The third-order valence-corrected chi connectivity index (χ3v) is 3.84. The number of benzene rings is 2. The summed E-state index contributed by atoms with van der Waals surface area (Å²) >= 11 is 0. The Morgan fingerprint density at radius 2 is 1.70 bits per heavy atom. The molecule has 0 aliphatic carbocycles. The summed E-state index contributed by atoms with van der Waals surface area (Å²) in [5, 5.41) is 31.9. The molecule has 0 spiro atoms. The topological polar surface area (TPSA) is 107 Å². The van der Waals surface area contributed by atoms with E-state index in [9.17, 15) is 25.3 Å². The number of hydrogen-bond donors (Lipinski definition) is 1. The molecule has 0 fully saturated rings. The molecular formula is C16H16N2O5. The zero-order valence-electron chi connectivity index (χ0n) is 12.7. The highest BCUT2D eigenvalue weighted by Gasteiger charge is 2.26. The molecule has 2 aromatic carbocycles. The lowest BCUT2D eigenvalue weighted by Crippen LogP contribution is -2.02. The molecule has 0 heterocycles. The normalized spacial score (nSPS) is 11.9. The molecule has 0 saturated carbocycles. The lowest BCUT2D eigenvalue weighted by molar-refractivity contribution is -0.393. The van der Waals surface area contributed by atoms with Crippen LogP contribution < -0.4 is 0 Å². The van der Waals surface area contributed by atoms with Gasteiger partial charge in [0.05, 0.1) is 21.5 Å². The summed E-state index contributed by atoms with van der Waals surface area (Å²) < 4.78 is 0. The molecule has 2 rings (SSSR count). The van der Waals surface area contributed by atoms with Crippen molar-refractivity contribution in [2.24, 2.45) is 0 Å². The van der Waals surface area contributed by atoms with Crippen molar-refractivity contribution in [2.45, 2.75) is 26.2 Å². The monoisotopic (exact) mass is 316 g/mol. The van der Waals surface area contributed by atoms with Gasteiger partial charge in [-0.25, -0.2) is 0 Å². The molecule has 2 aromatic rings. The van der Waals surface area contributed by atoms with E-state index in [1.54, 1.807) is 12.1 Å². The van der Waals surface area contributed by atoms with E-state index in [2.05, 4.69) is 0 Å². The van der Waals surface area contributed by atoms with Crippen LogP contribution in [0.4, 0.5) is 11.4 Å². The van der Waals surface area contributed by atoms with Crippen LogP contribution in [-0.4, -0.2) is 15.0 Å². The van der Waals surface area contributed by atoms with Gasteiger partial charge in [-0.1, -0.05) is 26.0 Å². The minimum absolute atomic E-state index is 0.0448. The van der Waals surface area contributed by atoms with Crippen LogP contribution in [-0.2, 0) is 0 Å². The molecule has 120 valence electrons. The van der Waals surface area contributed by atoms with Crippen LogP contribution in [0.3, 0.4) is 0 Å². The Bertz CT molecular complexity index is 756. The molecule has 0 amide bonds. The predicted molar refractivity (Wildman–Crippen MR) is 85.6 cm³/mol. The Hall–Kier alpha value is -2.96. The predicted octanol–water partition coefficient (Wildman–Crippen LogP) is 4.39. The number of phenols is 1. The Balaban J connectivity index is 2.82. The van der Waals surface area contributed by atoms with Gasteiger partial charge in [0, 0.05) is 6.07 Å². The smallest absolute Gasteiger partial charge is 0.284 e. The minimum Gasteiger partial charge on any atom is -0.508 e. The first kappa shape index (κ1) is 16.4. The zero-order valence-corrected chi connectivity index (χ0v) is 12.7. The summed E-state index contributed by atoms with van der Waals surface area (Å²) in [6.07, 6.45) is 0.684. The first-order valence-electron chi connectivity index (χ1n) is 7.11. The molecule has 1 unspecified atom stereocenters. The quantitative estimate of drug-likeness (QED) is 0.650. The number of hydrogen-bond acceptors (Lipinski definition) is 5. The number of rotatable bonds is 5. The van der Waals surface area contributed by atoms with Gasteiger partial charge in [-0.15, -0.1) is 0 Å². The van der Waals surface area contributed by atoms with Crippen molar-refractivity contribution in [3.8, 4) is 16.9 Å². The van der Waals surface area contributed by atoms with Crippen molar-refractivity contribution in [1.82, 2.24) is 0 Å². The maximum absolute atomic E-state index is 11.4. The Morgan fingerprint density at radius 1 is 1.09 bits per heavy atom. The van der Waals surface area contributed by atoms with Crippen molar-refractivity contribution in [1.29, 1.82) is 0 Å². The molecule has 7 heteroatoms. The van der Waals surface area contributed by atoms with E-state index < -0.39 is 9.85 Å². The van der Waals surface area contributed by atoms with Crippen molar-refractivity contribution >= 4 is 11.4 Å². The second kappa shape index (κ2) is 6.43. The fourth-order valence-electron chi connectivity index (χ4n) is 2.43. The Morgan fingerprint density at radius 3 is 2.17 bits per heavy atom. The van der Waals surface area contributed by atoms with E-state index in [0.717, 1.165) is 6.07 Å². The number of non-ortho nitro benzene ring substituents is 1. The van der Waals surface area contributed by atoms with Gasteiger partial charge in [0.15, 0.2) is 0 Å². The van der Waals surface area contributed by atoms with Gasteiger partial charge in [0.2, 0.25) is 0 Å². The molecule has 0 aromatic heterocycles. The van der Waals surface area contributed by atoms with Crippen LogP contribution >= 0.6 is 0 Å². The van der Waals surface area contributed by atoms with Crippen LogP contribution in [0.5, 0.6) is 5.75 Å². The molecule has 0 radical (unpaired) electrons. The average molecular weight is 316 g/mol. The maximum atomic E-state index is 11.4. The molecule has 23 heavy (non-hydrogen) atoms. The maximum Gasteiger partial charge on any atom is 0.284 e. The highest BCUT2D eigenvalue weighted by Crippen LogP contribution is 2.41. The third kappa shape index (κ3) is 3.28. The van der Waals surface area contributed by atoms with Gasteiger partial charge >= 0.3 is 0 Å². The summed E-state index contributed by atoms with van der Waals surface area (Å²) in [5.41, 5.74) is 0.850. The third-order valence-electron chi connectivity index (χ3n) is 3.84. The van der Waals surface area contributed by atoms with Crippen LogP contribution in [0.1, 0.15) is 31.7 Å². The molecular weight excluding hydrogens is 300 g/mol. The fourth-order valence-corrected chi connectivity index (χ4v) is 2.43. The number of aromatic hydroxyl groups is 1. The summed E-state index contributed by atoms with van der Waals surface area (Å²) in [7, 11) is 0. The first-order valence-corrected chi connectivity index (χ1v) is 7.11. The molecule has 0 aliphatic rings. The molecule has 1 N–H and O–H groups in total. The SMILES string of the molecule is CCC(C)c1cc([N+](=O)[O-])cc([N+](=O)[O-])c1-c1ccc(O)cc1. The van der Waals surface area contributed by atoms with E-state index in [0.29, 0.717) is 23.1 Å². The van der Waals surface area contributed by atoms with E-state index >= 15 is 0 Å². The van der Waals surface area contributed by atoms with Gasteiger partial charge in [-0.05, 0) is 35.6 Å². The highest BCUT2D eigenvalue weighted by molar-refractivity contribution is 5.79. The highest BCUT2D eigenvalue weighted by atomic mass is 16.6. The second-order valence-corrected chi connectivity index (χ2v) is 5.30. The van der Waals surface area contributed by atoms with Crippen molar-refractivity contribution in [3.63, 3.8) is 0 Å². The number of nitro benzene ring substituents is 2. The largest absolute Gasteiger partial charge is 0.508 e. The van der Waals surface area contributed by atoms with Crippen molar-refractivity contribution in [2.75, 3.05) is 0 Å². The van der Waals surface area contributed by atoms with Gasteiger partial charge in [-0.3, -0.25) is 20.2 Å². The summed E-state index contributed by atoms with van der Waals surface area (Å²) in [4.78, 5) is 21.3. The van der Waals surface area contributed by atoms with Gasteiger partial charge < -0.3 is 5.11 Å². The lowest BCUT2D eigenvalue weighted by Gasteiger charge is -2.15. The van der Waals surface area contributed by atoms with Gasteiger partial charge in [-0.2, -0.15) is 0 Å². The second-order valence-electron chi connectivity index (χ2n) is 5.30. The Labute approximate surface area is 132 Å². The first-order chi connectivity index (χ1) is 10.8. The average Bonchev–Trinajstić information content (AvgIpc) is 2.53. The van der Waals surface area contributed by atoms with Crippen LogP contribution in [0.15, 0.2) is 36.4 Å². The lowest BCUT2D eigenvalue weighted by atomic mass is 9.88. The van der Waals surface area contributed by atoms with Gasteiger partial charge in [0.1, 0.15) is 5.75 Å². The summed E-state index contributed by atoms with van der Waals surface area (Å²) in [6.45, 7) is 3.78. The van der Waals surface area contributed by atoms with Crippen LogP contribution in [0, 0.1) is 20.2 Å². The molecule has 0 bridgehead atoms. The standard InChI is InChI=1S/C16H16N2O5/c1-3-10(2)14-8-12(17(20)21)9-15(18(22)23)16(14)11-4-6-13(19)7-5-11/h4-10,19H,3H2,1-2H3. The number of nitro groups is 2. The molecule has 0 aliphatic heterocycles. The van der Waals surface area contributed by atoms with Crippen molar-refractivity contribution < 1.29 is 15.0 Å². The van der Waals surface area contributed by atoms with Crippen LogP contribution in [0.2, 0.25) is 0 Å². The summed E-state index contributed by atoms with van der Waals surface area (Å²) in [5.74, 6) is -0.0409. The van der Waals surface area contributed by atoms with E-state index in [1.165, 1.54) is 18.2 Å². The van der Waals surface area contributed by atoms with Crippen LogP contribution in [0.25, 0.3) is 11.1 Å². The van der Waals surface area contributed by atoms with Crippen molar-refractivity contribution in [3.05, 3.63) is 62.2 Å². The molecule has 1 atom stereocenters. The number of phenolic OH excluding ortho intramolecular Hbond substituents is 1. The number of nitrogens with zero attached hydrogens (tertiary/aromatic N) is 2. The van der Waals surface area contributed by atoms with Gasteiger partial charge in [0.25, 0.3) is 11.4 Å². The Kier molecular flexibility index (Phi) is 4.59. The minimum atomic E-state index is -0.626. The summed E-state index contributed by atoms with van der Waals surface area (Å²) in [6, 6.07) is 8.36. The zero-order chi connectivity index (χ0) is 17.1. The van der Waals surface area contributed by atoms with E-state index in [-0.39, 0.29) is 23.0 Å². The molecule has 0 saturated heterocycles. The van der Waals surface area contributed by atoms with E-state index in [4.69, 9.17) is 0 Å².